The highest BCUT2D eigenvalue weighted by molar-refractivity contribution is 14.0. The van der Waals surface area contributed by atoms with Crippen LogP contribution in [0.5, 0.6) is 0 Å². The van der Waals surface area contributed by atoms with Gasteiger partial charge in [0.05, 0.1) is 6.34 Å². The molecule has 0 spiro atoms. The number of nitrogens with two attached hydrogens (primary N) is 2. The molecule has 0 saturated carbocycles. The summed E-state index contributed by atoms with van der Waals surface area (Å²) in [7, 11) is 0. The minimum atomic E-state index is 0. The molecule has 0 atom stereocenters. The van der Waals surface area contributed by atoms with Gasteiger partial charge in [0.1, 0.15) is 0 Å². The van der Waals surface area contributed by atoms with Gasteiger partial charge in [0.15, 0.2) is 0 Å². The fourth-order valence-corrected chi connectivity index (χ4v) is 0. The van der Waals surface area contributed by atoms with Crippen molar-refractivity contribution in [2.75, 3.05) is 6.54 Å². The molecule has 0 unspecified atom stereocenters. The second-order valence-electron chi connectivity index (χ2n) is 0.575. The van der Waals surface area contributed by atoms with Crippen molar-refractivity contribution in [1.29, 1.82) is 5.41 Å². The molecule has 54 valence electrons. The van der Waals surface area contributed by atoms with E-state index in [2.05, 4.69) is 5.73 Å². The molecule has 3 nitrogen and oxygen atoms in total. The van der Waals surface area contributed by atoms with E-state index in [1.165, 1.54) is 0 Å². The molecular weight excluding hydrogens is 285 g/mol. The first-order valence-electron chi connectivity index (χ1n) is 1.74. The summed E-state index contributed by atoms with van der Waals surface area (Å²) in [6.07, 6.45) is 0.750. The SMILES string of the molecule is Br.CCN.I.N=CN. The Morgan fingerprint density at radius 1 is 1.62 bits per heavy atom. The van der Waals surface area contributed by atoms with Crippen LogP contribution >= 0.6 is 41.0 Å². The van der Waals surface area contributed by atoms with Crippen LogP contribution in [0.3, 0.4) is 0 Å². The van der Waals surface area contributed by atoms with E-state index in [1.807, 2.05) is 6.92 Å². The van der Waals surface area contributed by atoms with E-state index in [-0.39, 0.29) is 41.0 Å². The van der Waals surface area contributed by atoms with Crippen LogP contribution in [0.1, 0.15) is 6.92 Å². The lowest BCUT2D eigenvalue weighted by Gasteiger charge is -1.53. The molecule has 0 fully saturated rings. The van der Waals surface area contributed by atoms with Crippen LogP contribution < -0.4 is 11.5 Å². The van der Waals surface area contributed by atoms with Gasteiger partial charge < -0.3 is 11.5 Å². The fraction of sp³-hybridized carbons (Fsp3) is 0.667. The molecule has 0 heterocycles. The number of halogens is 2. The van der Waals surface area contributed by atoms with Gasteiger partial charge in [-0.1, -0.05) is 6.92 Å². The van der Waals surface area contributed by atoms with Crippen LogP contribution in [-0.2, 0) is 0 Å². The maximum atomic E-state index is 5.86. The molecule has 0 aliphatic carbocycles. The zero-order valence-electron chi connectivity index (χ0n) is 4.76. The normalized spacial score (nSPS) is 3.75. The van der Waals surface area contributed by atoms with Crippen LogP contribution in [0.2, 0.25) is 0 Å². The van der Waals surface area contributed by atoms with Crippen molar-refractivity contribution in [2.24, 2.45) is 11.5 Å². The minimum absolute atomic E-state index is 0. The van der Waals surface area contributed by atoms with E-state index < -0.39 is 0 Å². The van der Waals surface area contributed by atoms with Crippen molar-refractivity contribution < 1.29 is 0 Å². The van der Waals surface area contributed by atoms with Gasteiger partial charge in [-0.2, -0.15) is 0 Å². The van der Waals surface area contributed by atoms with E-state index >= 15 is 0 Å². The van der Waals surface area contributed by atoms with Crippen LogP contribution in [0.4, 0.5) is 0 Å². The van der Waals surface area contributed by atoms with Crippen molar-refractivity contribution in [2.45, 2.75) is 6.92 Å². The number of hydrogen-bond acceptors (Lipinski definition) is 2. The predicted octanol–water partition coefficient (Wildman–Crippen LogP) is 0.713. The lowest BCUT2D eigenvalue weighted by molar-refractivity contribution is 1.14. The molecule has 0 bridgehead atoms. The molecule has 0 aliphatic rings. The summed E-state index contributed by atoms with van der Waals surface area (Å²) in [5, 5.41) is 5.86. The quantitative estimate of drug-likeness (QED) is 0.350. The average Bonchev–Trinajstić information content (AvgIpc) is 1.39. The van der Waals surface area contributed by atoms with E-state index in [0.29, 0.717) is 0 Å². The Labute approximate surface area is 77.5 Å². The average molecular weight is 298 g/mol. The lowest BCUT2D eigenvalue weighted by atomic mass is 10.8. The van der Waals surface area contributed by atoms with E-state index in [4.69, 9.17) is 11.1 Å². The molecule has 5 N–H and O–H groups in total. The number of hydrogen-bond donors (Lipinski definition) is 3. The van der Waals surface area contributed by atoms with Gasteiger partial charge in [0.2, 0.25) is 0 Å². The van der Waals surface area contributed by atoms with Crippen LogP contribution in [-0.4, -0.2) is 12.9 Å². The monoisotopic (exact) mass is 297 g/mol. The zero-order valence-corrected chi connectivity index (χ0v) is 8.80. The Bertz CT molecular complexity index is 28.5. The zero-order chi connectivity index (χ0) is 5.41. The van der Waals surface area contributed by atoms with E-state index in [1.54, 1.807) is 0 Å². The molecular formula is C3H13BrIN3. The van der Waals surface area contributed by atoms with Crippen molar-refractivity contribution in [3.63, 3.8) is 0 Å². The molecule has 0 rings (SSSR count). The Morgan fingerprint density at radius 2 is 1.62 bits per heavy atom. The molecule has 0 radical (unpaired) electrons. The largest absolute Gasteiger partial charge is 0.390 e. The summed E-state index contributed by atoms with van der Waals surface area (Å²) in [4.78, 5) is 0. The number of rotatable bonds is 0. The molecule has 0 aliphatic heterocycles. The summed E-state index contributed by atoms with van der Waals surface area (Å²) in [5.74, 6) is 0. The predicted molar refractivity (Wildman–Crippen MR) is 53.4 cm³/mol. The van der Waals surface area contributed by atoms with Crippen molar-refractivity contribution in [3.05, 3.63) is 0 Å². The second kappa shape index (κ2) is 48.3. The Hall–Kier alpha value is 0.640. The summed E-state index contributed by atoms with van der Waals surface area (Å²) >= 11 is 0. The lowest BCUT2D eigenvalue weighted by Crippen LogP contribution is -1.87. The van der Waals surface area contributed by atoms with Crippen molar-refractivity contribution >= 4 is 47.3 Å². The summed E-state index contributed by atoms with van der Waals surface area (Å²) in [6.45, 7) is 2.65. The molecule has 0 aromatic heterocycles. The number of nitrogens with one attached hydrogen (secondary N) is 1. The first-order valence-corrected chi connectivity index (χ1v) is 1.74. The highest BCUT2D eigenvalue weighted by Gasteiger charge is 1.32. The van der Waals surface area contributed by atoms with Gasteiger partial charge in [-0.05, 0) is 6.54 Å². The van der Waals surface area contributed by atoms with Gasteiger partial charge in [0, 0.05) is 0 Å². The fourth-order valence-electron chi connectivity index (χ4n) is 0. The summed E-state index contributed by atoms with van der Waals surface area (Å²) < 4.78 is 0. The first kappa shape index (κ1) is 23.4. The molecule has 0 aromatic carbocycles. The van der Waals surface area contributed by atoms with Gasteiger partial charge in [-0.3, -0.25) is 5.41 Å². The highest BCUT2D eigenvalue weighted by atomic mass is 127. The van der Waals surface area contributed by atoms with Gasteiger partial charge in [-0.25, -0.2) is 0 Å². The summed E-state index contributed by atoms with van der Waals surface area (Å²) in [6, 6.07) is 0. The topological polar surface area (TPSA) is 75.9 Å². The third-order valence-electron chi connectivity index (χ3n) is 0. The molecule has 5 heteroatoms. The summed E-state index contributed by atoms with van der Waals surface area (Å²) in [5.41, 5.74) is 9.24. The Morgan fingerprint density at radius 3 is 1.62 bits per heavy atom. The Balaban J connectivity index is -0.0000000160. The van der Waals surface area contributed by atoms with Crippen LogP contribution in [0.15, 0.2) is 0 Å². The third-order valence-corrected chi connectivity index (χ3v) is 0. The van der Waals surface area contributed by atoms with Crippen molar-refractivity contribution in [3.8, 4) is 0 Å². The second-order valence-corrected chi connectivity index (χ2v) is 0.575. The van der Waals surface area contributed by atoms with Gasteiger partial charge in [-0.15, -0.1) is 41.0 Å². The molecule has 8 heavy (non-hydrogen) atoms. The van der Waals surface area contributed by atoms with E-state index in [9.17, 15) is 0 Å². The molecule has 0 aromatic rings. The molecule has 0 saturated heterocycles. The van der Waals surface area contributed by atoms with Crippen LogP contribution in [0.25, 0.3) is 0 Å². The minimum Gasteiger partial charge on any atom is -0.390 e. The maximum Gasteiger partial charge on any atom is 0.0765 e. The highest BCUT2D eigenvalue weighted by Crippen LogP contribution is 1.20. The smallest absolute Gasteiger partial charge is 0.0765 e. The van der Waals surface area contributed by atoms with Crippen LogP contribution in [0, 0.1) is 5.41 Å². The maximum absolute atomic E-state index is 5.86. The standard InChI is InChI=1S/C2H7N.CH4N2.BrH.HI/c1-2-3;2-1-3;;/h2-3H2,1H3;1H,(H3,2,3);2*1H. The third kappa shape index (κ3) is 516. The first-order chi connectivity index (χ1) is 2.83. The van der Waals surface area contributed by atoms with E-state index in [0.717, 1.165) is 12.9 Å². The Kier molecular flexibility index (Phi) is 142. The molecule has 0 amide bonds. The van der Waals surface area contributed by atoms with Gasteiger partial charge >= 0.3 is 0 Å². The van der Waals surface area contributed by atoms with Crippen molar-refractivity contribution in [1.82, 2.24) is 0 Å². The van der Waals surface area contributed by atoms with Gasteiger partial charge in [0.25, 0.3) is 0 Å².